The van der Waals surface area contributed by atoms with Gasteiger partial charge in [-0.25, -0.2) is 19.2 Å². The Labute approximate surface area is 224 Å². The molecule has 190 valence electrons. The molecule has 7 rings (SSSR count). The van der Waals surface area contributed by atoms with Crippen LogP contribution in [0, 0.1) is 6.92 Å². The lowest BCUT2D eigenvalue weighted by Gasteiger charge is -2.26. The maximum atomic E-state index is 6.45. The van der Waals surface area contributed by atoms with E-state index in [1.54, 1.807) is 17.1 Å². The van der Waals surface area contributed by atoms with Gasteiger partial charge in [0.05, 0.1) is 34.6 Å². The van der Waals surface area contributed by atoms with Crippen LogP contribution in [0.3, 0.4) is 0 Å². The van der Waals surface area contributed by atoms with Crippen LogP contribution < -0.4 is 4.74 Å². The first-order valence-corrected chi connectivity index (χ1v) is 12.6. The average Bonchev–Trinajstić information content (AvgIpc) is 3.56. The zero-order chi connectivity index (χ0) is 26.2. The first kappa shape index (κ1) is 22.9. The molecule has 0 aliphatic carbocycles. The number of benzene rings is 3. The first-order chi connectivity index (χ1) is 19.3. The Balaban J connectivity index is 1.31. The highest BCUT2D eigenvalue weighted by Gasteiger charge is 2.38. The summed E-state index contributed by atoms with van der Waals surface area (Å²) in [7, 11) is 0. The van der Waals surface area contributed by atoms with Gasteiger partial charge in [-0.1, -0.05) is 84.0 Å². The van der Waals surface area contributed by atoms with E-state index in [2.05, 4.69) is 27.4 Å². The van der Waals surface area contributed by atoms with Crippen LogP contribution in [0.5, 0.6) is 11.8 Å². The third-order valence-corrected chi connectivity index (χ3v) is 6.67. The summed E-state index contributed by atoms with van der Waals surface area (Å²) in [5.41, 5.74) is 6.27. The summed E-state index contributed by atoms with van der Waals surface area (Å²) in [5, 5.41) is 13.5. The van der Waals surface area contributed by atoms with Crippen molar-refractivity contribution >= 4 is 11.9 Å². The Morgan fingerprint density at radius 1 is 0.897 bits per heavy atom. The Hall–Kier alpha value is -5.31. The predicted molar refractivity (Wildman–Crippen MR) is 145 cm³/mol. The van der Waals surface area contributed by atoms with Gasteiger partial charge in [0.25, 0.3) is 0 Å². The molecule has 9 heteroatoms. The number of hydrogen-bond donors (Lipinski definition) is 0. The van der Waals surface area contributed by atoms with Crippen molar-refractivity contribution in [2.75, 3.05) is 0 Å². The molecule has 1 atom stereocenters. The highest BCUT2D eigenvalue weighted by atomic mass is 16.6. The number of hydrogen-bond acceptors (Lipinski definition) is 7. The molecule has 0 fully saturated rings. The maximum Gasteiger partial charge on any atom is 0.230 e. The molecule has 1 aliphatic heterocycles. The molecular formula is C30H23N7O2. The second-order valence-electron chi connectivity index (χ2n) is 9.18. The number of aromatic nitrogens is 6. The monoisotopic (exact) mass is 513 g/mol. The number of oxime groups is 1. The molecule has 0 N–H and O–H groups in total. The fourth-order valence-electron chi connectivity index (χ4n) is 4.94. The topological polar surface area (TPSA) is 91.7 Å². The molecule has 39 heavy (non-hydrogen) atoms. The fourth-order valence-corrected chi connectivity index (χ4v) is 4.94. The first-order valence-electron chi connectivity index (χ1n) is 12.6. The minimum Gasteiger partial charge on any atom is -0.420 e. The molecule has 4 heterocycles. The number of ether oxygens (including phenoxy) is 1. The van der Waals surface area contributed by atoms with E-state index in [1.165, 1.54) is 0 Å². The van der Waals surface area contributed by atoms with Crippen LogP contribution in [0.1, 0.15) is 39.7 Å². The summed E-state index contributed by atoms with van der Waals surface area (Å²) in [4.78, 5) is 15.0. The van der Waals surface area contributed by atoms with E-state index in [9.17, 15) is 0 Å². The van der Waals surface area contributed by atoms with Crippen molar-refractivity contribution in [3.05, 3.63) is 131 Å². The Bertz CT molecular complexity index is 1800. The lowest BCUT2D eigenvalue weighted by atomic mass is 9.84. The zero-order valence-electron chi connectivity index (χ0n) is 21.0. The lowest BCUT2D eigenvalue weighted by molar-refractivity contribution is 0.126. The van der Waals surface area contributed by atoms with E-state index in [0.717, 1.165) is 33.6 Å². The molecule has 0 spiro atoms. The van der Waals surface area contributed by atoms with Gasteiger partial charge in [0.2, 0.25) is 11.8 Å². The van der Waals surface area contributed by atoms with E-state index >= 15 is 0 Å². The van der Waals surface area contributed by atoms with E-state index in [0.29, 0.717) is 23.2 Å². The number of fused-ring (bicyclic) bond motifs is 4. The van der Waals surface area contributed by atoms with Gasteiger partial charge in [0.1, 0.15) is 6.33 Å². The van der Waals surface area contributed by atoms with Crippen molar-refractivity contribution < 1.29 is 9.57 Å². The average molecular weight is 514 g/mol. The molecule has 0 bridgehead atoms. The molecular weight excluding hydrogens is 490 g/mol. The van der Waals surface area contributed by atoms with Crippen molar-refractivity contribution in [3.63, 3.8) is 0 Å². The van der Waals surface area contributed by atoms with Gasteiger partial charge in [-0.3, -0.25) is 0 Å². The SMILES string of the molecule is Cc1nn(-c2ccccc2)c2c1C(c1ccccc1)c1c(ncn3nc(CON=Cc4ccccc4)nc13)O2. The highest BCUT2D eigenvalue weighted by molar-refractivity contribution is 5.78. The summed E-state index contributed by atoms with van der Waals surface area (Å²) in [6, 6.07) is 30.0. The summed E-state index contributed by atoms with van der Waals surface area (Å²) in [6.07, 6.45) is 3.27. The largest absolute Gasteiger partial charge is 0.420 e. The summed E-state index contributed by atoms with van der Waals surface area (Å²) < 4.78 is 9.96. The van der Waals surface area contributed by atoms with Crippen LogP contribution in [-0.4, -0.2) is 35.6 Å². The summed E-state index contributed by atoms with van der Waals surface area (Å²) >= 11 is 0. The third kappa shape index (κ3) is 4.10. The van der Waals surface area contributed by atoms with Crippen molar-refractivity contribution in [1.82, 2.24) is 29.4 Å². The van der Waals surface area contributed by atoms with Gasteiger partial charge in [0.15, 0.2) is 18.1 Å². The molecule has 9 nitrogen and oxygen atoms in total. The molecule has 0 saturated carbocycles. The molecule has 1 aliphatic rings. The van der Waals surface area contributed by atoms with Crippen molar-refractivity contribution in [1.29, 1.82) is 0 Å². The Morgan fingerprint density at radius 3 is 2.38 bits per heavy atom. The molecule has 3 aromatic carbocycles. The summed E-state index contributed by atoms with van der Waals surface area (Å²) in [5.74, 6) is 1.41. The third-order valence-electron chi connectivity index (χ3n) is 6.67. The number of aryl methyl sites for hydroxylation is 1. The lowest BCUT2D eigenvalue weighted by Crippen LogP contribution is -2.16. The second-order valence-corrected chi connectivity index (χ2v) is 9.18. The van der Waals surface area contributed by atoms with Crippen LogP contribution in [0.15, 0.2) is 102 Å². The van der Waals surface area contributed by atoms with Crippen molar-refractivity contribution in [3.8, 4) is 17.4 Å². The Morgan fingerprint density at radius 2 is 1.62 bits per heavy atom. The number of rotatable bonds is 6. The van der Waals surface area contributed by atoms with E-state index in [-0.39, 0.29) is 12.5 Å². The van der Waals surface area contributed by atoms with Gasteiger partial charge in [-0.15, -0.1) is 5.10 Å². The molecule has 3 aromatic heterocycles. The smallest absolute Gasteiger partial charge is 0.230 e. The van der Waals surface area contributed by atoms with Crippen molar-refractivity contribution in [2.45, 2.75) is 19.4 Å². The maximum absolute atomic E-state index is 6.45. The Kier molecular flexibility index (Phi) is 5.59. The molecule has 0 saturated heterocycles. The van der Waals surface area contributed by atoms with Gasteiger partial charge in [0, 0.05) is 0 Å². The second kappa shape index (κ2) is 9.53. The van der Waals surface area contributed by atoms with E-state index in [1.807, 2.05) is 90.5 Å². The quantitative estimate of drug-likeness (QED) is 0.217. The minimum absolute atomic E-state index is 0.118. The highest BCUT2D eigenvalue weighted by Crippen LogP contribution is 2.49. The van der Waals surface area contributed by atoms with Gasteiger partial charge >= 0.3 is 0 Å². The van der Waals surface area contributed by atoms with Gasteiger partial charge in [-0.2, -0.15) is 5.10 Å². The standard InChI is InChI=1S/C30H23N7O2/c1-20-25-26(22-13-7-3-8-14-22)27-28-33-24(18-38-32-17-21-11-5-2-6-12-21)35-36(28)19-31-29(27)39-30(25)37(34-20)23-15-9-4-10-16-23/h2-17,19,26H,18H2,1H3. The minimum atomic E-state index is -0.201. The van der Waals surface area contributed by atoms with E-state index in [4.69, 9.17) is 19.7 Å². The number of para-hydroxylation sites is 1. The summed E-state index contributed by atoms with van der Waals surface area (Å²) in [6.45, 7) is 2.12. The fraction of sp³-hybridized carbons (Fsp3) is 0.100. The molecule has 6 aromatic rings. The molecule has 0 amide bonds. The predicted octanol–water partition coefficient (Wildman–Crippen LogP) is 5.46. The molecule has 0 radical (unpaired) electrons. The number of nitrogens with zero attached hydrogens (tertiary/aromatic N) is 7. The normalized spacial score (nSPS) is 14.2. The van der Waals surface area contributed by atoms with Crippen LogP contribution in [0.4, 0.5) is 0 Å². The van der Waals surface area contributed by atoms with Crippen LogP contribution in [-0.2, 0) is 11.4 Å². The van der Waals surface area contributed by atoms with E-state index < -0.39 is 0 Å². The molecule has 1 unspecified atom stereocenters. The van der Waals surface area contributed by atoms with Crippen LogP contribution in [0.25, 0.3) is 11.3 Å². The van der Waals surface area contributed by atoms with Crippen LogP contribution in [0.2, 0.25) is 0 Å². The van der Waals surface area contributed by atoms with Crippen molar-refractivity contribution in [2.24, 2.45) is 5.16 Å². The van der Waals surface area contributed by atoms with Gasteiger partial charge in [-0.05, 0) is 30.2 Å². The van der Waals surface area contributed by atoms with Crippen LogP contribution >= 0.6 is 0 Å². The zero-order valence-corrected chi connectivity index (χ0v) is 21.0. The van der Waals surface area contributed by atoms with Gasteiger partial charge < -0.3 is 9.57 Å².